The van der Waals surface area contributed by atoms with Crippen molar-refractivity contribution in [1.82, 2.24) is 0 Å². The van der Waals surface area contributed by atoms with Gasteiger partial charge in [-0.1, -0.05) is 37.1 Å². The molecule has 3 nitrogen and oxygen atoms in total. The fourth-order valence-corrected chi connectivity index (χ4v) is 2.12. The minimum absolute atomic E-state index is 0.180. The second-order valence-electron chi connectivity index (χ2n) is 5.15. The highest BCUT2D eigenvalue weighted by atomic mass is 35.5. The van der Waals surface area contributed by atoms with Crippen LogP contribution in [-0.4, -0.2) is 12.5 Å². The molecule has 0 heterocycles. The molecule has 0 atom stereocenters. The normalized spacial score (nSPS) is 10.3. The SMILES string of the molecule is CCCCOc1cccc(C(=O)Nc2ccc(C)c(Cl)c2)c1. The van der Waals surface area contributed by atoms with Crippen molar-refractivity contribution in [1.29, 1.82) is 0 Å². The van der Waals surface area contributed by atoms with Gasteiger partial charge in [-0.15, -0.1) is 0 Å². The van der Waals surface area contributed by atoms with E-state index in [9.17, 15) is 4.79 Å². The zero-order valence-corrected chi connectivity index (χ0v) is 13.6. The van der Waals surface area contributed by atoms with Gasteiger partial charge >= 0.3 is 0 Å². The monoisotopic (exact) mass is 317 g/mol. The third-order valence-corrected chi connectivity index (χ3v) is 3.70. The summed E-state index contributed by atoms with van der Waals surface area (Å²) in [6.07, 6.45) is 2.08. The van der Waals surface area contributed by atoms with Crippen LogP contribution in [0.2, 0.25) is 5.02 Å². The molecule has 116 valence electrons. The van der Waals surface area contributed by atoms with Gasteiger partial charge in [-0.25, -0.2) is 0 Å². The number of aryl methyl sites for hydroxylation is 1. The van der Waals surface area contributed by atoms with Gasteiger partial charge in [0.25, 0.3) is 5.91 Å². The van der Waals surface area contributed by atoms with Crippen LogP contribution in [0.15, 0.2) is 42.5 Å². The molecular formula is C18H20ClNO2. The maximum atomic E-state index is 12.3. The summed E-state index contributed by atoms with van der Waals surface area (Å²) < 4.78 is 5.62. The molecule has 0 bridgehead atoms. The Hall–Kier alpha value is -2.00. The van der Waals surface area contributed by atoms with E-state index in [4.69, 9.17) is 16.3 Å². The molecule has 0 radical (unpaired) electrons. The molecule has 0 aliphatic carbocycles. The highest BCUT2D eigenvalue weighted by molar-refractivity contribution is 6.31. The average molecular weight is 318 g/mol. The summed E-state index contributed by atoms with van der Waals surface area (Å²) in [6.45, 7) is 4.69. The van der Waals surface area contributed by atoms with Crippen LogP contribution in [0.3, 0.4) is 0 Å². The summed E-state index contributed by atoms with van der Waals surface area (Å²) >= 11 is 6.07. The van der Waals surface area contributed by atoms with E-state index >= 15 is 0 Å². The Morgan fingerprint density at radius 3 is 2.77 bits per heavy atom. The van der Waals surface area contributed by atoms with Crippen molar-refractivity contribution in [2.24, 2.45) is 0 Å². The quantitative estimate of drug-likeness (QED) is 0.754. The van der Waals surface area contributed by atoms with Gasteiger partial charge in [-0.2, -0.15) is 0 Å². The lowest BCUT2D eigenvalue weighted by Crippen LogP contribution is -2.12. The van der Waals surface area contributed by atoms with Crippen molar-refractivity contribution in [3.8, 4) is 5.75 Å². The van der Waals surface area contributed by atoms with Gasteiger partial charge in [-0.3, -0.25) is 4.79 Å². The lowest BCUT2D eigenvalue weighted by Gasteiger charge is -2.09. The number of hydrogen-bond acceptors (Lipinski definition) is 2. The molecular weight excluding hydrogens is 298 g/mol. The molecule has 0 aliphatic rings. The largest absolute Gasteiger partial charge is 0.494 e. The van der Waals surface area contributed by atoms with E-state index in [1.54, 1.807) is 18.2 Å². The van der Waals surface area contributed by atoms with Crippen LogP contribution < -0.4 is 10.1 Å². The summed E-state index contributed by atoms with van der Waals surface area (Å²) in [5.74, 6) is 0.531. The van der Waals surface area contributed by atoms with Crippen molar-refractivity contribution in [3.63, 3.8) is 0 Å². The summed E-state index contributed by atoms with van der Waals surface area (Å²) in [5, 5.41) is 3.48. The first-order valence-corrected chi connectivity index (χ1v) is 7.78. The lowest BCUT2D eigenvalue weighted by atomic mass is 10.2. The number of ether oxygens (including phenoxy) is 1. The zero-order chi connectivity index (χ0) is 15.9. The van der Waals surface area contributed by atoms with Gasteiger partial charge in [-0.05, 0) is 49.2 Å². The van der Waals surface area contributed by atoms with E-state index in [1.165, 1.54) is 0 Å². The number of nitrogens with one attached hydrogen (secondary N) is 1. The zero-order valence-electron chi connectivity index (χ0n) is 12.9. The average Bonchev–Trinajstić information content (AvgIpc) is 2.51. The van der Waals surface area contributed by atoms with Crippen LogP contribution in [-0.2, 0) is 0 Å². The summed E-state index contributed by atoms with van der Waals surface area (Å²) in [6, 6.07) is 12.6. The highest BCUT2D eigenvalue weighted by Gasteiger charge is 2.08. The molecule has 2 rings (SSSR count). The summed E-state index contributed by atoms with van der Waals surface area (Å²) in [4.78, 5) is 12.3. The molecule has 0 unspecified atom stereocenters. The molecule has 0 saturated carbocycles. The third-order valence-electron chi connectivity index (χ3n) is 3.29. The molecule has 0 spiro atoms. The van der Waals surface area contributed by atoms with Gasteiger partial charge in [0.05, 0.1) is 6.61 Å². The lowest BCUT2D eigenvalue weighted by molar-refractivity contribution is 0.102. The van der Waals surface area contributed by atoms with Crippen LogP contribution in [0, 0.1) is 6.92 Å². The molecule has 0 fully saturated rings. The summed E-state index contributed by atoms with van der Waals surface area (Å²) in [7, 11) is 0. The predicted octanol–water partition coefficient (Wildman–Crippen LogP) is 5.08. The maximum absolute atomic E-state index is 12.3. The minimum atomic E-state index is -0.180. The Bertz CT molecular complexity index is 655. The first kappa shape index (κ1) is 16.4. The molecule has 0 aromatic heterocycles. The van der Waals surface area contributed by atoms with Crippen LogP contribution in [0.5, 0.6) is 5.75 Å². The number of anilines is 1. The van der Waals surface area contributed by atoms with Gasteiger partial charge in [0.15, 0.2) is 0 Å². The molecule has 4 heteroatoms. The van der Waals surface area contributed by atoms with Crippen molar-refractivity contribution >= 4 is 23.2 Å². The van der Waals surface area contributed by atoms with Crippen LogP contribution in [0.4, 0.5) is 5.69 Å². The highest BCUT2D eigenvalue weighted by Crippen LogP contribution is 2.21. The predicted molar refractivity (Wildman–Crippen MR) is 91.0 cm³/mol. The van der Waals surface area contributed by atoms with E-state index in [-0.39, 0.29) is 5.91 Å². The van der Waals surface area contributed by atoms with Crippen molar-refractivity contribution in [2.45, 2.75) is 26.7 Å². The number of benzene rings is 2. The number of unbranched alkanes of at least 4 members (excludes halogenated alkanes) is 1. The molecule has 0 saturated heterocycles. The second kappa shape index (κ2) is 7.85. The molecule has 1 amide bonds. The first-order valence-electron chi connectivity index (χ1n) is 7.40. The molecule has 22 heavy (non-hydrogen) atoms. The fourth-order valence-electron chi connectivity index (χ4n) is 1.94. The van der Waals surface area contributed by atoms with Crippen LogP contribution >= 0.6 is 11.6 Å². The Morgan fingerprint density at radius 1 is 1.23 bits per heavy atom. The van der Waals surface area contributed by atoms with E-state index in [0.29, 0.717) is 28.6 Å². The third kappa shape index (κ3) is 4.50. The number of amides is 1. The Balaban J connectivity index is 2.05. The van der Waals surface area contributed by atoms with Crippen LogP contribution in [0.1, 0.15) is 35.7 Å². The number of carbonyl (C=O) groups excluding carboxylic acids is 1. The Labute approximate surface area is 136 Å². The van der Waals surface area contributed by atoms with Gasteiger partial charge in [0.1, 0.15) is 5.75 Å². The number of halogens is 1. The molecule has 1 N–H and O–H groups in total. The van der Waals surface area contributed by atoms with Crippen LogP contribution in [0.25, 0.3) is 0 Å². The smallest absolute Gasteiger partial charge is 0.255 e. The first-order chi connectivity index (χ1) is 10.6. The van der Waals surface area contributed by atoms with Crippen molar-refractivity contribution < 1.29 is 9.53 Å². The standard InChI is InChI=1S/C18H20ClNO2/c1-3-4-10-22-16-7-5-6-14(11-16)18(21)20-15-9-8-13(2)17(19)12-15/h5-9,11-12H,3-4,10H2,1-2H3,(H,20,21). The van der Waals surface area contributed by atoms with Gasteiger partial charge < -0.3 is 10.1 Å². The molecule has 2 aromatic carbocycles. The summed E-state index contributed by atoms with van der Waals surface area (Å²) in [5.41, 5.74) is 2.22. The van der Waals surface area contributed by atoms with E-state index in [0.717, 1.165) is 18.4 Å². The number of carbonyl (C=O) groups is 1. The second-order valence-corrected chi connectivity index (χ2v) is 5.56. The topological polar surface area (TPSA) is 38.3 Å². The Morgan fingerprint density at radius 2 is 2.05 bits per heavy atom. The molecule has 0 aliphatic heterocycles. The number of rotatable bonds is 6. The van der Waals surface area contributed by atoms with E-state index in [2.05, 4.69) is 12.2 Å². The van der Waals surface area contributed by atoms with E-state index < -0.39 is 0 Å². The minimum Gasteiger partial charge on any atom is -0.494 e. The van der Waals surface area contributed by atoms with Crippen molar-refractivity contribution in [2.75, 3.05) is 11.9 Å². The fraction of sp³-hybridized carbons (Fsp3) is 0.278. The molecule has 2 aromatic rings. The van der Waals surface area contributed by atoms with Gasteiger partial charge in [0, 0.05) is 16.3 Å². The number of hydrogen-bond donors (Lipinski definition) is 1. The van der Waals surface area contributed by atoms with Crippen molar-refractivity contribution in [3.05, 3.63) is 58.6 Å². The van der Waals surface area contributed by atoms with Gasteiger partial charge in [0.2, 0.25) is 0 Å². The Kier molecular flexibility index (Phi) is 5.84. The van der Waals surface area contributed by atoms with E-state index in [1.807, 2.05) is 31.2 Å². The maximum Gasteiger partial charge on any atom is 0.255 e.